The number of halogens is 3. The van der Waals surface area contributed by atoms with Crippen LogP contribution in [0.5, 0.6) is 0 Å². The molecule has 0 bridgehead atoms. The van der Waals surface area contributed by atoms with Gasteiger partial charge in [0, 0.05) is 0 Å². The van der Waals surface area contributed by atoms with Crippen LogP contribution < -0.4 is 28.1 Å². The zero-order valence-electron chi connectivity index (χ0n) is 34.6. The van der Waals surface area contributed by atoms with Gasteiger partial charge in [0.05, 0.1) is 0 Å². The Balaban J connectivity index is 0.00000264. The van der Waals surface area contributed by atoms with Crippen LogP contribution in [0, 0.1) is 0 Å². The standard InChI is InChI=1S/C33H33.C17H11Cl.C5H5.2ClH.Zr/c1-32(2,3)30-20-26-24(18-28(30)22-13-9-7-10-14-22)17-25-19-29(23-15-11-8-12-16-23)31(21-27(25)26)33(4,5)6;18-16-9-3-5-13(12-16)11-15-8-4-7-14-6-1-2-10-17(14)15;1-2-4-5-3-1;;;/h7-16,18,20-21H,17H2,1-6H3;1-10,12H;1-5H;2*1H;/q;;;;;+2/p-2. The molecule has 4 heteroatoms. The molecule has 0 saturated carbocycles. The molecule has 0 amide bonds. The van der Waals surface area contributed by atoms with Crippen LogP contribution in [0.4, 0.5) is 0 Å². The Kier molecular flexibility index (Phi) is 12.5. The van der Waals surface area contributed by atoms with Crippen LogP contribution in [0.15, 0.2) is 170 Å². The molecule has 0 aliphatic heterocycles. The van der Waals surface area contributed by atoms with Gasteiger partial charge in [-0.2, -0.15) is 0 Å². The van der Waals surface area contributed by atoms with Crippen LogP contribution in [0.25, 0.3) is 44.2 Å². The van der Waals surface area contributed by atoms with E-state index in [1.54, 1.807) is 3.27 Å². The number of fused-ring (bicyclic) bond motifs is 4. The molecular weight excluding hydrogens is 858 g/mol. The summed E-state index contributed by atoms with van der Waals surface area (Å²) in [6.45, 7) is 14.3. The molecule has 7 aromatic rings. The molecule has 0 heterocycles. The third-order valence-electron chi connectivity index (χ3n) is 11.9. The van der Waals surface area contributed by atoms with E-state index in [0.29, 0.717) is 3.63 Å². The molecule has 294 valence electrons. The average molecular weight is 908 g/mol. The maximum absolute atomic E-state index is 6.97. The molecule has 0 aromatic heterocycles. The van der Waals surface area contributed by atoms with E-state index >= 15 is 0 Å². The summed E-state index contributed by atoms with van der Waals surface area (Å²) in [5.41, 5.74) is 16.4. The fourth-order valence-electron chi connectivity index (χ4n) is 9.28. The van der Waals surface area contributed by atoms with Gasteiger partial charge in [-0.25, -0.2) is 0 Å². The first-order chi connectivity index (χ1) is 27.5. The number of allylic oxidation sites excluding steroid dienone is 4. The second-order valence-electron chi connectivity index (χ2n) is 17.8. The third-order valence-corrected chi connectivity index (χ3v) is 20.1. The summed E-state index contributed by atoms with van der Waals surface area (Å²) in [6.07, 6.45) is 10.5. The summed E-state index contributed by atoms with van der Waals surface area (Å²) < 4.78 is 3.43. The van der Waals surface area contributed by atoms with Crippen LogP contribution in [-0.4, -0.2) is 3.21 Å². The second kappa shape index (κ2) is 17.1. The van der Waals surface area contributed by atoms with Crippen molar-refractivity contribution in [2.24, 2.45) is 0 Å². The normalized spacial score (nSPS) is 13.4. The molecule has 7 aromatic carbocycles. The van der Waals surface area contributed by atoms with Crippen LogP contribution in [0.2, 0.25) is 8.65 Å². The van der Waals surface area contributed by atoms with Gasteiger partial charge >= 0.3 is 354 Å². The summed E-state index contributed by atoms with van der Waals surface area (Å²) >= 11 is 3.78. The Morgan fingerprint density at radius 1 is 0.576 bits per heavy atom. The minimum absolute atomic E-state index is 0. The van der Waals surface area contributed by atoms with E-state index in [0.717, 1.165) is 11.4 Å². The largest absolute Gasteiger partial charge is 1.00 e. The molecule has 0 saturated heterocycles. The average Bonchev–Trinajstić information content (AvgIpc) is 3.87. The fraction of sp³-hybridized carbons (Fsp3) is 0.182. The quantitative estimate of drug-likeness (QED) is 0.157. The molecule has 59 heavy (non-hydrogen) atoms. The van der Waals surface area contributed by atoms with Gasteiger partial charge in [0.2, 0.25) is 0 Å². The van der Waals surface area contributed by atoms with Crippen molar-refractivity contribution in [3.05, 3.63) is 208 Å². The van der Waals surface area contributed by atoms with E-state index in [1.165, 1.54) is 80.7 Å². The van der Waals surface area contributed by atoms with Crippen molar-refractivity contribution in [3.8, 4) is 33.4 Å². The van der Waals surface area contributed by atoms with Crippen molar-refractivity contribution >= 4 is 28.9 Å². The molecule has 0 nitrogen and oxygen atoms in total. The molecule has 0 spiro atoms. The smallest absolute Gasteiger partial charge is 1.00 e. The van der Waals surface area contributed by atoms with E-state index in [1.807, 2.05) is 6.07 Å². The Labute approximate surface area is 376 Å². The van der Waals surface area contributed by atoms with E-state index in [-0.39, 0.29) is 35.6 Å². The van der Waals surface area contributed by atoms with Gasteiger partial charge in [0.15, 0.2) is 0 Å². The summed E-state index contributed by atoms with van der Waals surface area (Å²) in [5.74, 6) is 0. The SMILES string of the molecule is CC(C)(C)c1cc2c(cc1-c1ccccc1)Cc1c-2cc(C(C)(C)C)c(-c2ccccc2)[c]1[Zr+2](=[C](c1cccc(Cl)c1)c1cccc2ccccc12)[CH]1C=CC=C1.[Cl-].[Cl-]. The molecule has 0 radical (unpaired) electrons. The van der Waals surface area contributed by atoms with Crippen LogP contribution in [0.3, 0.4) is 0 Å². The minimum Gasteiger partial charge on any atom is -1.00 e. The predicted octanol–water partition coefficient (Wildman–Crippen LogP) is 8.43. The van der Waals surface area contributed by atoms with Crippen molar-refractivity contribution < 1.29 is 46.1 Å². The van der Waals surface area contributed by atoms with Crippen molar-refractivity contribution in [3.63, 3.8) is 0 Å². The van der Waals surface area contributed by atoms with Crippen molar-refractivity contribution in [1.82, 2.24) is 0 Å². The van der Waals surface area contributed by atoms with E-state index in [4.69, 9.17) is 11.6 Å². The van der Waals surface area contributed by atoms with Gasteiger partial charge in [-0.1, -0.05) is 0 Å². The van der Waals surface area contributed by atoms with Crippen molar-refractivity contribution in [2.45, 2.75) is 62.4 Å². The Morgan fingerprint density at radius 2 is 1.17 bits per heavy atom. The van der Waals surface area contributed by atoms with Crippen molar-refractivity contribution in [1.29, 1.82) is 0 Å². The van der Waals surface area contributed by atoms with Crippen molar-refractivity contribution in [2.75, 3.05) is 0 Å². The van der Waals surface area contributed by atoms with Gasteiger partial charge in [0.1, 0.15) is 0 Å². The minimum atomic E-state index is -3.19. The maximum atomic E-state index is 6.97. The number of hydrogen-bond donors (Lipinski definition) is 0. The summed E-state index contributed by atoms with van der Waals surface area (Å²) in [5, 5.41) is 3.34. The molecular formula is C55H49Cl3Zr. The van der Waals surface area contributed by atoms with E-state index in [2.05, 4.69) is 205 Å². The number of rotatable bonds is 6. The zero-order valence-corrected chi connectivity index (χ0v) is 39.3. The molecule has 0 unspecified atom stereocenters. The van der Waals surface area contributed by atoms with Crippen LogP contribution in [0.1, 0.15) is 74.9 Å². The Morgan fingerprint density at radius 3 is 1.83 bits per heavy atom. The fourth-order valence-corrected chi connectivity index (χ4v) is 18.3. The van der Waals surface area contributed by atoms with E-state index < -0.39 is 21.3 Å². The van der Waals surface area contributed by atoms with Gasteiger partial charge in [-0.05, 0) is 0 Å². The number of hydrogen-bond acceptors (Lipinski definition) is 0. The summed E-state index contributed by atoms with van der Waals surface area (Å²) in [6, 6.07) is 54.6. The van der Waals surface area contributed by atoms with Gasteiger partial charge in [0.25, 0.3) is 0 Å². The first kappa shape index (κ1) is 43.0. The first-order valence-electron chi connectivity index (χ1n) is 20.3. The second-order valence-corrected chi connectivity index (χ2v) is 24.4. The molecule has 0 fully saturated rings. The maximum Gasteiger partial charge on any atom is -1.00 e. The van der Waals surface area contributed by atoms with Gasteiger partial charge < -0.3 is 24.8 Å². The van der Waals surface area contributed by atoms with Crippen LogP contribution >= 0.6 is 11.6 Å². The number of benzene rings is 7. The summed E-state index contributed by atoms with van der Waals surface area (Å²) in [7, 11) is 0. The predicted molar refractivity (Wildman–Crippen MR) is 243 cm³/mol. The Bertz CT molecular complexity index is 2760. The van der Waals surface area contributed by atoms with E-state index in [9.17, 15) is 0 Å². The molecule has 0 N–H and O–H groups in total. The molecule has 2 aliphatic carbocycles. The first-order valence-corrected chi connectivity index (χ1v) is 24.6. The van der Waals surface area contributed by atoms with Crippen LogP contribution in [-0.2, 0) is 38.5 Å². The molecule has 0 atom stereocenters. The zero-order chi connectivity index (χ0) is 39.5. The molecule has 2 aliphatic rings. The topological polar surface area (TPSA) is 0 Å². The summed E-state index contributed by atoms with van der Waals surface area (Å²) in [4.78, 5) is 0. The van der Waals surface area contributed by atoms with Gasteiger partial charge in [-0.3, -0.25) is 0 Å². The molecule has 9 rings (SSSR count). The Hall–Kier alpha value is -4.10. The van der Waals surface area contributed by atoms with Gasteiger partial charge in [-0.15, -0.1) is 0 Å². The third kappa shape index (κ3) is 8.10. The monoisotopic (exact) mass is 904 g/mol.